The van der Waals surface area contributed by atoms with Crippen LogP contribution in [0.5, 0.6) is 0 Å². The molecule has 6 nitrogen and oxygen atoms in total. The smallest absolute Gasteiger partial charge is 0.224 e. The Hall–Kier alpha value is -2.22. The van der Waals surface area contributed by atoms with Crippen molar-refractivity contribution in [2.75, 3.05) is 23.9 Å². The molecule has 8 heteroatoms. The summed E-state index contributed by atoms with van der Waals surface area (Å²) in [6, 6.07) is 5.96. The van der Waals surface area contributed by atoms with Crippen molar-refractivity contribution in [2.45, 2.75) is 4.90 Å². The van der Waals surface area contributed by atoms with Crippen LogP contribution in [0.2, 0.25) is 0 Å². The van der Waals surface area contributed by atoms with Gasteiger partial charge >= 0.3 is 0 Å². The third kappa shape index (κ3) is 3.21. The summed E-state index contributed by atoms with van der Waals surface area (Å²) < 4.78 is 36.2. The number of nitrogens with zero attached hydrogens (tertiary/aromatic N) is 2. The van der Waals surface area contributed by atoms with Crippen LogP contribution in [0, 0.1) is 5.82 Å². The Balaban J connectivity index is 2.26. The number of hydrogen-bond donors (Lipinski definition) is 2. The van der Waals surface area contributed by atoms with Crippen LogP contribution in [0.3, 0.4) is 0 Å². The zero-order chi connectivity index (χ0) is 14.8. The number of benzene rings is 1. The van der Waals surface area contributed by atoms with E-state index >= 15 is 0 Å². The van der Waals surface area contributed by atoms with E-state index in [1.807, 2.05) is 0 Å². The maximum absolute atomic E-state index is 13.5. The fourth-order valence-corrected chi connectivity index (χ4v) is 2.13. The number of anilines is 3. The van der Waals surface area contributed by atoms with Gasteiger partial charge in [0.25, 0.3) is 0 Å². The minimum Gasteiger partial charge on any atom is -0.357 e. The predicted molar refractivity (Wildman–Crippen MR) is 74.4 cm³/mol. The van der Waals surface area contributed by atoms with Gasteiger partial charge in [-0.25, -0.2) is 17.8 Å². The van der Waals surface area contributed by atoms with Crippen LogP contribution in [-0.4, -0.2) is 31.7 Å². The molecule has 0 atom stereocenters. The van der Waals surface area contributed by atoms with E-state index in [9.17, 15) is 12.8 Å². The number of hydrogen-bond acceptors (Lipinski definition) is 6. The van der Waals surface area contributed by atoms with Gasteiger partial charge in [0.15, 0.2) is 21.5 Å². The van der Waals surface area contributed by atoms with Crippen LogP contribution in [-0.2, 0) is 9.84 Å². The van der Waals surface area contributed by atoms with Gasteiger partial charge in [-0.3, -0.25) is 0 Å². The zero-order valence-corrected chi connectivity index (χ0v) is 11.7. The van der Waals surface area contributed by atoms with Crippen LogP contribution in [0.4, 0.5) is 21.8 Å². The summed E-state index contributed by atoms with van der Waals surface area (Å²) in [6.07, 6.45) is 2.17. The van der Waals surface area contributed by atoms with Gasteiger partial charge in [0.1, 0.15) is 0 Å². The summed E-state index contributed by atoms with van der Waals surface area (Å²) in [7, 11) is -1.63. The second kappa shape index (κ2) is 5.41. The number of aromatic nitrogens is 2. The third-order valence-corrected chi connectivity index (χ3v) is 3.64. The van der Waals surface area contributed by atoms with Crippen molar-refractivity contribution in [2.24, 2.45) is 0 Å². The summed E-state index contributed by atoms with van der Waals surface area (Å²) in [6.45, 7) is 0. The molecule has 1 heterocycles. The van der Waals surface area contributed by atoms with E-state index in [2.05, 4.69) is 20.6 Å². The fourth-order valence-electron chi connectivity index (χ4n) is 1.50. The Morgan fingerprint density at radius 2 is 1.85 bits per heavy atom. The molecule has 0 aliphatic rings. The van der Waals surface area contributed by atoms with Crippen LogP contribution in [0.15, 0.2) is 35.4 Å². The third-order valence-electron chi connectivity index (χ3n) is 2.51. The van der Waals surface area contributed by atoms with Crippen LogP contribution >= 0.6 is 0 Å². The molecule has 106 valence electrons. The Labute approximate surface area is 116 Å². The van der Waals surface area contributed by atoms with E-state index in [1.165, 1.54) is 24.3 Å². The van der Waals surface area contributed by atoms with Gasteiger partial charge in [-0.05, 0) is 24.3 Å². The average molecular weight is 296 g/mol. The molecule has 0 spiro atoms. The van der Waals surface area contributed by atoms with Gasteiger partial charge in [0, 0.05) is 19.0 Å². The molecule has 0 bridgehead atoms. The van der Waals surface area contributed by atoms with Crippen molar-refractivity contribution in [3.8, 4) is 0 Å². The number of sulfone groups is 1. The highest BCUT2D eigenvalue weighted by atomic mass is 32.2. The first kappa shape index (κ1) is 14.2. The Kier molecular flexibility index (Phi) is 3.84. The van der Waals surface area contributed by atoms with Crippen molar-refractivity contribution in [1.82, 2.24) is 9.97 Å². The number of rotatable bonds is 4. The summed E-state index contributed by atoms with van der Waals surface area (Å²) in [5.74, 6) is -0.311. The lowest BCUT2D eigenvalue weighted by atomic mass is 10.3. The highest BCUT2D eigenvalue weighted by molar-refractivity contribution is 7.90. The molecule has 2 N–H and O–H groups in total. The molecular weight excluding hydrogens is 283 g/mol. The molecular formula is C12H13FN4O2S. The van der Waals surface area contributed by atoms with Gasteiger partial charge in [-0.2, -0.15) is 4.98 Å². The van der Waals surface area contributed by atoms with Gasteiger partial charge in [-0.1, -0.05) is 0 Å². The molecule has 1 aromatic carbocycles. The molecule has 2 aromatic rings. The molecule has 0 saturated heterocycles. The molecule has 1 aromatic heterocycles. The first-order valence-electron chi connectivity index (χ1n) is 5.67. The van der Waals surface area contributed by atoms with Gasteiger partial charge < -0.3 is 10.6 Å². The van der Waals surface area contributed by atoms with Gasteiger partial charge in [-0.15, -0.1) is 0 Å². The van der Waals surface area contributed by atoms with Crippen molar-refractivity contribution in [1.29, 1.82) is 0 Å². The first-order chi connectivity index (χ1) is 9.40. The maximum Gasteiger partial charge on any atom is 0.224 e. The van der Waals surface area contributed by atoms with Crippen LogP contribution < -0.4 is 10.6 Å². The molecule has 0 unspecified atom stereocenters. The topological polar surface area (TPSA) is 84.0 Å². The Bertz CT molecular complexity index is 717. The fraction of sp³-hybridized carbons (Fsp3) is 0.167. The van der Waals surface area contributed by atoms with E-state index in [0.717, 1.165) is 12.5 Å². The van der Waals surface area contributed by atoms with Crippen LogP contribution in [0.25, 0.3) is 0 Å². The van der Waals surface area contributed by atoms with E-state index < -0.39 is 15.7 Å². The molecule has 20 heavy (non-hydrogen) atoms. The Morgan fingerprint density at radius 1 is 1.20 bits per heavy atom. The van der Waals surface area contributed by atoms with E-state index in [1.54, 1.807) is 7.05 Å². The predicted octanol–water partition coefficient (Wildman–Crippen LogP) is 1.80. The summed E-state index contributed by atoms with van der Waals surface area (Å²) in [5.41, 5.74) is 0.525. The van der Waals surface area contributed by atoms with Crippen LogP contribution in [0.1, 0.15) is 0 Å². The minimum atomic E-state index is -3.25. The second-order valence-electron chi connectivity index (χ2n) is 4.06. The number of halogens is 1. The molecule has 0 aliphatic carbocycles. The normalized spacial score (nSPS) is 11.2. The average Bonchev–Trinajstić information content (AvgIpc) is 2.41. The quantitative estimate of drug-likeness (QED) is 0.895. The lowest BCUT2D eigenvalue weighted by Gasteiger charge is -2.08. The lowest BCUT2D eigenvalue weighted by Crippen LogP contribution is -2.03. The van der Waals surface area contributed by atoms with Crippen molar-refractivity contribution in [3.05, 3.63) is 36.3 Å². The van der Waals surface area contributed by atoms with E-state index in [-0.39, 0.29) is 16.7 Å². The summed E-state index contributed by atoms with van der Waals surface area (Å²) >= 11 is 0. The Morgan fingerprint density at radius 3 is 2.40 bits per heavy atom. The van der Waals surface area contributed by atoms with Crippen molar-refractivity contribution < 1.29 is 12.8 Å². The second-order valence-corrected chi connectivity index (χ2v) is 6.08. The minimum absolute atomic E-state index is 0.0106. The standard InChI is InChI=1S/C12H13FN4O2S/c1-14-12-15-7-10(13)11(17-12)16-8-3-5-9(6-4-8)20(2,18)19/h3-7H,1-2H3,(H2,14,15,16,17). The molecule has 0 fully saturated rings. The van der Waals surface area contributed by atoms with E-state index in [4.69, 9.17) is 0 Å². The van der Waals surface area contributed by atoms with Gasteiger partial charge in [0.2, 0.25) is 5.95 Å². The highest BCUT2D eigenvalue weighted by Crippen LogP contribution is 2.20. The largest absolute Gasteiger partial charge is 0.357 e. The van der Waals surface area contributed by atoms with E-state index in [0.29, 0.717) is 5.69 Å². The zero-order valence-electron chi connectivity index (χ0n) is 10.9. The molecule has 0 radical (unpaired) electrons. The molecule has 0 amide bonds. The van der Waals surface area contributed by atoms with Gasteiger partial charge in [0.05, 0.1) is 11.1 Å². The summed E-state index contributed by atoms with van der Waals surface area (Å²) in [4.78, 5) is 7.86. The lowest BCUT2D eigenvalue weighted by molar-refractivity contribution is 0.602. The van der Waals surface area contributed by atoms with Crippen molar-refractivity contribution >= 4 is 27.3 Å². The monoisotopic (exact) mass is 296 g/mol. The summed E-state index contributed by atoms with van der Waals surface area (Å²) in [5, 5.41) is 5.47. The first-order valence-corrected chi connectivity index (χ1v) is 7.57. The maximum atomic E-state index is 13.5. The molecule has 0 aliphatic heterocycles. The molecule has 0 saturated carbocycles. The highest BCUT2D eigenvalue weighted by Gasteiger charge is 2.09. The van der Waals surface area contributed by atoms with Crippen molar-refractivity contribution in [3.63, 3.8) is 0 Å². The number of nitrogens with one attached hydrogen (secondary N) is 2. The molecule has 2 rings (SSSR count). The SMILES string of the molecule is CNc1ncc(F)c(Nc2ccc(S(C)(=O)=O)cc2)n1.